The number of carbonyl (C=O) groups is 2. The lowest BCUT2D eigenvalue weighted by atomic mass is 9.78. The van der Waals surface area contributed by atoms with Crippen LogP contribution in [0.4, 0.5) is 11.4 Å². The van der Waals surface area contributed by atoms with Gasteiger partial charge in [-0.1, -0.05) is 63.5 Å². The van der Waals surface area contributed by atoms with Crippen LogP contribution in [0.15, 0.2) is 142 Å². The second kappa shape index (κ2) is 13.0. The van der Waals surface area contributed by atoms with E-state index >= 15 is 0 Å². The summed E-state index contributed by atoms with van der Waals surface area (Å²) in [5.41, 5.74) is 9.29. The van der Waals surface area contributed by atoms with E-state index in [1.54, 1.807) is 24.3 Å². The summed E-state index contributed by atoms with van der Waals surface area (Å²) in [4.78, 5) is 31.4. The Labute approximate surface area is 339 Å². The van der Waals surface area contributed by atoms with Gasteiger partial charge in [-0.2, -0.15) is 9.13 Å². The zero-order valence-electron chi connectivity index (χ0n) is 34.2. The Morgan fingerprint density at radius 2 is 0.948 bits per heavy atom. The summed E-state index contributed by atoms with van der Waals surface area (Å²) in [6.07, 6.45) is 7.00. The highest BCUT2D eigenvalue weighted by Crippen LogP contribution is 2.56. The van der Waals surface area contributed by atoms with Gasteiger partial charge in [0.25, 0.3) is 0 Å². The number of aromatic nitrogens is 2. The van der Waals surface area contributed by atoms with Gasteiger partial charge in [-0.05, 0) is 73.5 Å². The maximum Gasteiger partial charge on any atom is 0.212 e. The largest absolute Gasteiger partial charge is 0.871 e. The van der Waals surface area contributed by atoms with Gasteiger partial charge in [-0.25, -0.2) is 0 Å². The van der Waals surface area contributed by atoms with Crippen molar-refractivity contribution in [2.75, 3.05) is 23.9 Å². The van der Waals surface area contributed by atoms with Crippen molar-refractivity contribution >= 4 is 56.9 Å². The first-order valence-electron chi connectivity index (χ1n) is 20.0. The smallest absolute Gasteiger partial charge is 0.212 e. The minimum Gasteiger partial charge on any atom is -0.871 e. The summed E-state index contributed by atoms with van der Waals surface area (Å²) < 4.78 is 4.23. The monoisotopic (exact) mass is 766 g/mol. The number of hydrogen-bond acceptors (Lipinski definition) is 6. The number of hydrogen-bond donors (Lipinski definition) is 0. The van der Waals surface area contributed by atoms with Crippen molar-refractivity contribution < 1.29 is 28.9 Å². The van der Waals surface area contributed by atoms with Crippen LogP contribution < -0.4 is 29.1 Å². The first kappa shape index (κ1) is 37.1. The van der Waals surface area contributed by atoms with Crippen LogP contribution in [0.5, 0.6) is 0 Å². The van der Waals surface area contributed by atoms with Crippen molar-refractivity contribution in [2.45, 2.75) is 65.5 Å². The molecule has 2 aliphatic heterocycles. The van der Waals surface area contributed by atoms with Gasteiger partial charge in [0.15, 0.2) is 11.6 Å². The average molecular weight is 767 g/mol. The summed E-state index contributed by atoms with van der Waals surface area (Å²) in [6, 6.07) is 28.5. The molecule has 290 valence electrons. The number of anilines is 2. The number of Topliss-reactive ketones (excluding diaryl/α,β-unsaturated/α-hetero) is 2. The molecule has 2 aliphatic carbocycles. The number of fused-ring (bicyclic) bond motifs is 4. The highest BCUT2D eigenvalue weighted by atomic mass is 16.3. The quantitative estimate of drug-likeness (QED) is 0.147. The van der Waals surface area contributed by atoms with Gasteiger partial charge in [-0.15, -0.1) is 0 Å². The molecule has 0 radical (unpaired) electrons. The predicted octanol–water partition coefficient (Wildman–Crippen LogP) is 6.39. The fourth-order valence-electron chi connectivity index (χ4n) is 9.54. The molecule has 0 N–H and O–H groups in total. The van der Waals surface area contributed by atoms with Gasteiger partial charge in [0.1, 0.15) is 13.1 Å². The average Bonchev–Trinajstić information content (AvgIpc) is 3.53. The van der Waals surface area contributed by atoms with E-state index < -0.39 is 10.8 Å². The van der Waals surface area contributed by atoms with E-state index in [1.807, 2.05) is 74.8 Å². The zero-order valence-corrected chi connectivity index (χ0v) is 34.2. The first-order chi connectivity index (χ1) is 27.7. The molecule has 0 spiro atoms. The third-order valence-corrected chi connectivity index (χ3v) is 12.9. The lowest BCUT2D eigenvalue weighted by Crippen LogP contribution is -2.38. The molecule has 0 fully saturated rings. The van der Waals surface area contributed by atoms with Crippen LogP contribution >= 0.6 is 0 Å². The Hall–Kier alpha value is -6.54. The van der Waals surface area contributed by atoms with Gasteiger partial charge in [0.2, 0.25) is 22.4 Å². The normalized spacial score (nSPS) is 21.0. The lowest BCUT2D eigenvalue weighted by molar-refractivity contribution is -0.669. The van der Waals surface area contributed by atoms with Crippen LogP contribution in [0.2, 0.25) is 0 Å². The van der Waals surface area contributed by atoms with E-state index in [0.29, 0.717) is 13.1 Å². The van der Waals surface area contributed by atoms with E-state index in [9.17, 15) is 19.8 Å². The number of carbonyl (C=O) groups excluding carboxylic acids is 2. The van der Waals surface area contributed by atoms with E-state index in [-0.39, 0.29) is 45.4 Å². The molecule has 9 rings (SSSR count). The van der Waals surface area contributed by atoms with Gasteiger partial charge in [0, 0.05) is 117 Å². The second-order valence-electron chi connectivity index (χ2n) is 16.7. The van der Waals surface area contributed by atoms with Crippen LogP contribution in [0.25, 0.3) is 34.0 Å². The van der Waals surface area contributed by atoms with Crippen molar-refractivity contribution in [3.05, 3.63) is 165 Å². The summed E-state index contributed by atoms with van der Waals surface area (Å²) in [5, 5.41) is 29.5. The number of benzene rings is 3. The Balaban J connectivity index is 1.03. The first-order valence-corrected chi connectivity index (χ1v) is 20.0. The summed E-state index contributed by atoms with van der Waals surface area (Å²) in [5.74, 6) is -0.985. The molecule has 5 aromatic rings. The highest BCUT2D eigenvalue weighted by Gasteiger charge is 2.46. The number of para-hydroxylation sites is 2. The van der Waals surface area contributed by atoms with Crippen LogP contribution in [0.3, 0.4) is 0 Å². The molecule has 8 nitrogen and oxygen atoms in total. The number of likely N-dealkylation sites (N-methyl/N-ethyl adjacent to an activating group) is 2. The second-order valence-corrected chi connectivity index (χ2v) is 16.7. The molecule has 58 heavy (non-hydrogen) atoms. The Morgan fingerprint density at radius 1 is 0.569 bits per heavy atom. The van der Waals surface area contributed by atoms with Crippen LogP contribution in [-0.4, -0.2) is 25.7 Å². The summed E-state index contributed by atoms with van der Waals surface area (Å²) in [7, 11) is 3.96. The van der Waals surface area contributed by atoms with Gasteiger partial charge in [-0.3, -0.25) is 9.59 Å². The topological polar surface area (TPSA) is 94.5 Å². The van der Waals surface area contributed by atoms with Crippen LogP contribution in [0.1, 0.15) is 64.1 Å². The fraction of sp³-hybridized carbons (Fsp3) is 0.240. The highest BCUT2D eigenvalue weighted by molar-refractivity contribution is 6.23. The molecular weight excluding hydrogens is 721 g/mol. The van der Waals surface area contributed by atoms with Crippen molar-refractivity contribution in [3.8, 4) is 0 Å². The van der Waals surface area contributed by atoms with Gasteiger partial charge < -0.3 is 20.0 Å². The molecule has 0 bridgehead atoms. The lowest BCUT2D eigenvalue weighted by Gasteiger charge is -2.32. The number of aryl methyl sites for hydroxylation is 2. The maximum atomic E-state index is 13.6. The third kappa shape index (κ3) is 5.20. The molecule has 0 unspecified atom stereocenters. The number of nitrogens with zero attached hydrogens (tertiary/aromatic N) is 4. The molecule has 0 atom stereocenters. The summed E-state index contributed by atoms with van der Waals surface area (Å²) in [6.45, 7) is 14.0. The molecule has 8 heteroatoms. The van der Waals surface area contributed by atoms with E-state index in [1.165, 1.54) is 0 Å². The van der Waals surface area contributed by atoms with Crippen molar-refractivity contribution in [1.29, 1.82) is 0 Å². The minimum atomic E-state index is -0.528. The number of pyridine rings is 2. The van der Waals surface area contributed by atoms with Gasteiger partial charge in [0.05, 0.1) is 0 Å². The molecule has 4 heterocycles. The van der Waals surface area contributed by atoms with Crippen molar-refractivity contribution in [2.24, 2.45) is 0 Å². The molecule has 0 saturated heterocycles. The molecule has 0 saturated carbocycles. The summed E-state index contributed by atoms with van der Waals surface area (Å²) >= 11 is 0. The molecular formula is C50H46N4O4. The van der Waals surface area contributed by atoms with Crippen molar-refractivity contribution in [3.63, 3.8) is 0 Å². The Bertz CT molecular complexity index is 2700. The van der Waals surface area contributed by atoms with E-state index in [0.717, 1.165) is 67.1 Å². The number of allylic oxidation sites excluding steroid dienone is 8. The molecule has 3 aromatic carbocycles. The van der Waals surface area contributed by atoms with Gasteiger partial charge >= 0.3 is 0 Å². The Morgan fingerprint density at radius 3 is 1.31 bits per heavy atom. The zero-order chi connectivity index (χ0) is 41.0. The molecule has 2 aromatic heterocycles. The standard InChI is InChI=1S/C50H46N4O4/c1-9-53-31(21-19-29-15-11-13-17-39(29)53)23-33-45(55)35(46(33)56)25-43-49(3,4)37-27-42-38(28-41(37)51(43)7)50(5,6)44(52(42)8)26-36-47(57)34(48(36)58)24-32-22-20-30-16-12-14-18-40(30)54(32)10-2/h11-28H,9-10H2,1-8H3. The Kier molecular flexibility index (Phi) is 8.30. The van der Waals surface area contributed by atoms with Crippen molar-refractivity contribution in [1.82, 2.24) is 0 Å². The maximum absolute atomic E-state index is 13.6. The molecule has 0 amide bonds. The van der Waals surface area contributed by atoms with Crippen LogP contribution in [0, 0.1) is 0 Å². The van der Waals surface area contributed by atoms with E-state index in [4.69, 9.17) is 0 Å². The number of ketones is 2. The predicted molar refractivity (Wildman–Crippen MR) is 225 cm³/mol. The molecule has 4 aliphatic rings. The minimum absolute atomic E-state index is 0.193. The van der Waals surface area contributed by atoms with E-state index in [2.05, 4.69) is 84.7 Å². The third-order valence-electron chi connectivity index (χ3n) is 12.9. The fourth-order valence-corrected chi connectivity index (χ4v) is 9.54. The SMILES string of the molecule is CC[n+]1c(C=C2C(=O)C(C=C3N(C)c4cc5c(cc4C3(C)C)N(C)C(=CC3=C([O-])C(=Cc4ccc6ccccc6[n+]4CC)C3=O)C5(C)C)=C2[O-])ccc2ccccc21. The van der Waals surface area contributed by atoms with Crippen LogP contribution in [-0.2, 0) is 33.5 Å². The number of rotatable bonds is 6.